The van der Waals surface area contributed by atoms with Gasteiger partial charge in [0.05, 0.1) is 28.6 Å². The molecule has 1 fully saturated rings. The number of aliphatic hydroxyl groups excluding tert-OH is 1. The van der Waals surface area contributed by atoms with Crippen molar-refractivity contribution in [3.05, 3.63) is 70.3 Å². The molecule has 1 saturated heterocycles. The predicted octanol–water partition coefficient (Wildman–Crippen LogP) is 4.53. The minimum absolute atomic E-state index is 0.307. The van der Waals surface area contributed by atoms with Gasteiger partial charge in [-0.05, 0) is 31.5 Å². The van der Waals surface area contributed by atoms with Gasteiger partial charge in [-0.25, -0.2) is 4.98 Å². The number of thiophene rings is 1. The van der Waals surface area contributed by atoms with Crippen molar-refractivity contribution in [1.29, 1.82) is 0 Å². The van der Waals surface area contributed by atoms with E-state index in [0.29, 0.717) is 22.2 Å². The molecule has 0 aliphatic carbocycles. The second-order valence-electron chi connectivity index (χ2n) is 8.10. The van der Waals surface area contributed by atoms with Crippen molar-refractivity contribution >= 4 is 40.2 Å². The Kier molecular flexibility index (Phi) is 5.74. The first-order valence-electron chi connectivity index (χ1n) is 10.7. The number of carbonyl (C=O) groups excluding carboxylic acids is 1. The Morgan fingerprint density at radius 2 is 2.15 bits per heavy atom. The summed E-state index contributed by atoms with van der Waals surface area (Å²) < 4.78 is 8.12. The number of anilines is 1. The molecule has 5 rings (SSSR count). The van der Waals surface area contributed by atoms with E-state index in [1.165, 1.54) is 11.3 Å². The van der Waals surface area contributed by atoms with Crippen molar-refractivity contribution in [2.45, 2.75) is 25.6 Å². The Morgan fingerprint density at radius 1 is 1.33 bits per heavy atom. The molecule has 1 aromatic carbocycles. The summed E-state index contributed by atoms with van der Waals surface area (Å²) in [6, 6.07) is 13.2. The van der Waals surface area contributed by atoms with Gasteiger partial charge in [-0.15, -0.1) is 11.3 Å². The van der Waals surface area contributed by atoms with E-state index in [1.807, 2.05) is 53.9 Å². The lowest BCUT2D eigenvalue weighted by Gasteiger charge is -2.18. The Labute approximate surface area is 200 Å². The summed E-state index contributed by atoms with van der Waals surface area (Å²) >= 11 is 7.59. The van der Waals surface area contributed by atoms with Gasteiger partial charge < -0.3 is 20.5 Å². The van der Waals surface area contributed by atoms with Crippen LogP contribution in [-0.4, -0.2) is 39.6 Å². The van der Waals surface area contributed by atoms with Gasteiger partial charge in [0.25, 0.3) is 5.91 Å². The number of halogens is 1. The minimum atomic E-state index is -0.548. The first-order chi connectivity index (χ1) is 15.9. The van der Waals surface area contributed by atoms with Crippen molar-refractivity contribution in [1.82, 2.24) is 9.38 Å². The molecule has 1 aliphatic heterocycles. The van der Waals surface area contributed by atoms with Gasteiger partial charge in [0.15, 0.2) is 0 Å². The van der Waals surface area contributed by atoms with Gasteiger partial charge in [0, 0.05) is 35.9 Å². The second kappa shape index (κ2) is 8.70. The van der Waals surface area contributed by atoms with Gasteiger partial charge >= 0.3 is 0 Å². The van der Waals surface area contributed by atoms with Crippen molar-refractivity contribution < 1.29 is 14.6 Å². The molecule has 0 saturated carbocycles. The predicted molar refractivity (Wildman–Crippen MR) is 130 cm³/mol. The maximum absolute atomic E-state index is 12.2. The number of carbonyl (C=O) groups is 1. The molecule has 0 bridgehead atoms. The number of rotatable bonds is 6. The third-order valence-electron chi connectivity index (χ3n) is 5.84. The van der Waals surface area contributed by atoms with E-state index in [2.05, 4.69) is 9.88 Å². The molecule has 2 unspecified atom stereocenters. The van der Waals surface area contributed by atoms with Gasteiger partial charge in [-0.1, -0.05) is 29.8 Å². The van der Waals surface area contributed by atoms with Crippen LogP contribution in [0.15, 0.2) is 54.9 Å². The molecule has 7 nitrogen and oxygen atoms in total. The number of ether oxygens (including phenoxy) is 1. The van der Waals surface area contributed by atoms with Crippen LogP contribution in [0.3, 0.4) is 0 Å². The highest BCUT2D eigenvalue weighted by molar-refractivity contribution is 7.17. The number of benzene rings is 1. The number of primary amides is 1. The molecule has 33 heavy (non-hydrogen) atoms. The number of nitrogens with zero attached hydrogens (tertiary/aromatic N) is 3. The fourth-order valence-electron chi connectivity index (χ4n) is 4.13. The van der Waals surface area contributed by atoms with Crippen molar-refractivity contribution in [3.63, 3.8) is 0 Å². The molecular formula is C24H23ClN4O3S. The zero-order chi connectivity index (χ0) is 23.1. The Hall–Kier alpha value is -3.07. The number of hydrogen-bond acceptors (Lipinski definition) is 6. The molecule has 9 heteroatoms. The van der Waals surface area contributed by atoms with Crippen LogP contribution in [-0.2, 0) is 0 Å². The average Bonchev–Trinajstić information content (AvgIpc) is 3.51. The summed E-state index contributed by atoms with van der Waals surface area (Å²) in [6.45, 7) is 3.30. The molecule has 1 aliphatic rings. The Bertz CT molecular complexity index is 1330. The fourth-order valence-corrected chi connectivity index (χ4v) is 5.37. The van der Waals surface area contributed by atoms with Gasteiger partial charge in [-0.2, -0.15) is 0 Å². The highest BCUT2D eigenvalue weighted by atomic mass is 35.5. The van der Waals surface area contributed by atoms with Crippen molar-refractivity contribution in [3.8, 4) is 16.3 Å². The quantitative estimate of drug-likeness (QED) is 0.421. The highest BCUT2D eigenvalue weighted by Gasteiger charge is 2.23. The van der Waals surface area contributed by atoms with Crippen LogP contribution in [0.5, 0.6) is 5.75 Å². The number of nitrogens with two attached hydrogens (primary N) is 1. The molecule has 3 N–H and O–H groups in total. The monoisotopic (exact) mass is 482 g/mol. The third-order valence-corrected chi connectivity index (χ3v) is 7.34. The summed E-state index contributed by atoms with van der Waals surface area (Å²) in [7, 11) is 0. The topological polar surface area (TPSA) is 93.1 Å². The molecule has 170 valence electrons. The SMILES string of the molecule is CC(Oc1cc(-c2cnc3ccc(N4CCC(O)C4)cn23)sc1C(N)=O)c1ccccc1Cl. The van der Waals surface area contributed by atoms with Gasteiger partial charge in [-0.3, -0.25) is 9.20 Å². The number of aliphatic hydroxyl groups is 1. The van der Waals surface area contributed by atoms with Crippen molar-refractivity contribution in [2.24, 2.45) is 5.73 Å². The normalized spacial score (nSPS) is 16.9. The van der Waals surface area contributed by atoms with E-state index >= 15 is 0 Å². The third kappa shape index (κ3) is 4.17. The van der Waals surface area contributed by atoms with E-state index in [-0.39, 0.29) is 12.2 Å². The first-order valence-corrected chi connectivity index (χ1v) is 11.9. The number of aromatic nitrogens is 2. The maximum atomic E-state index is 12.2. The molecule has 2 atom stereocenters. The number of fused-ring (bicyclic) bond motifs is 1. The van der Waals surface area contributed by atoms with E-state index in [0.717, 1.165) is 40.4 Å². The van der Waals surface area contributed by atoms with Gasteiger partial charge in [0.2, 0.25) is 0 Å². The number of pyridine rings is 1. The van der Waals surface area contributed by atoms with Crippen LogP contribution in [0.1, 0.15) is 34.7 Å². The summed E-state index contributed by atoms with van der Waals surface area (Å²) in [4.78, 5) is 20.0. The summed E-state index contributed by atoms with van der Waals surface area (Å²) in [5.74, 6) is -0.128. The van der Waals surface area contributed by atoms with E-state index in [9.17, 15) is 9.90 Å². The lowest BCUT2D eigenvalue weighted by molar-refractivity contribution is 0.0998. The molecular weight excluding hydrogens is 460 g/mol. The molecule has 4 aromatic rings. The standard InChI is InChI=1S/C24H23ClN4O3S/c1-14(17-4-2-3-5-18(17)25)32-20-10-21(33-23(20)24(26)31)19-11-27-22-7-6-15(12-29(19)22)28-9-8-16(30)13-28/h2-7,10-12,14,16,30H,8-9,13H2,1H3,(H2,26,31). The summed E-state index contributed by atoms with van der Waals surface area (Å²) in [6.07, 6.45) is 3.86. The first kappa shape index (κ1) is 21.8. The number of amides is 1. The van der Waals surface area contributed by atoms with Crippen LogP contribution < -0.4 is 15.4 Å². The molecule has 0 radical (unpaired) electrons. The molecule has 1 amide bonds. The number of imidazole rings is 1. The average molecular weight is 483 g/mol. The van der Waals surface area contributed by atoms with E-state index in [1.54, 1.807) is 12.3 Å². The van der Waals surface area contributed by atoms with Crippen LogP contribution in [0.4, 0.5) is 5.69 Å². The molecule has 0 spiro atoms. The molecule has 4 heterocycles. The molecule has 3 aromatic heterocycles. The lowest BCUT2D eigenvalue weighted by atomic mass is 10.1. The minimum Gasteiger partial charge on any atom is -0.484 e. The largest absolute Gasteiger partial charge is 0.484 e. The Balaban J connectivity index is 1.51. The van der Waals surface area contributed by atoms with Crippen LogP contribution in [0, 0.1) is 0 Å². The second-order valence-corrected chi connectivity index (χ2v) is 9.56. The zero-order valence-electron chi connectivity index (χ0n) is 17.9. The van der Waals surface area contributed by atoms with Crippen LogP contribution >= 0.6 is 22.9 Å². The lowest BCUT2D eigenvalue weighted by Crippen LogP contribution is -2.21. The Morgan fingerprint density at radius 3 is 2.88 bits per heavy atom. The zero-order valence-corrected chi connectivity index (χ0v) is 19.5. The smallest absolute Gasteiger partial charge is 0.262 e. The summed E-state index contributed by atoms with van der Waals surface area (Å²) in [5, 5.41) is 10.5. The van der Waals surface area contributed by atoms with E-state index < -0.39 is 5.91 Å². The number of hydrogen-bond donors (Lipinski definition) is 2. The fraction of sp³-hybridized carbons (Fsp3) is 0.250. The van der Waals surface area contributed by atoms with E-state index in [4.69, 9.17) is 22.1 Å². The van der Waals surface area contributed by atoms with Gasteiger partial charge in [0.1, 0.15) is 22.4 Å². The highest BCUT2D eigenvalue weighted by Crippen LogP contribution is 2.39. The van der Waals surface area contributed by atoms with Crippen molar-refractivity contribution in [2.75, 3.05) is 18.0 Å². The van der Waals surface area contributed by atoms with Crippen LogP contribution in [0.25, 0.3) is 16.2 Å². The van der Waals surface area contributed by atoms with Crippen LogP contribution in [0.2, 0.25) is 5.02 Å². The summed E-state index contributed by atoms with van der Waals surface area (Å²) in [5.41, 5.74) is 9.13. The number of β-amino-alcohol motifs (C(OH)–C–C–N with tert-alkyl or cyclic N) is 1. The maximum Gasteiger partial charge on any atom is 0.262 e.